The van der Waals surface area contributed by atoms with Gasteiger partial charge in [-0.15, -0.1) is 31.4 Å². The van der Waals surface area contributed by atoms with Crippen molar-refractivity contribution in [2.75, 3.05) is 26.2 Å². The molecule has 0 amide bonds. The molecule has 1 aromatic heterocycles. The van der Waals surface area contributed by atoms with E-state index in [1.54, 1.807) is 0 Å². The van der Waals surface area contributed by atoms with Gasteiger partial charge in [0.1, 0.15) is 0 Å². The molecule has 0 bridgehead atoms. The Morgan fingerprint density at radius 2 is 1.91 bits per heavy atom. The molecule has 1 aliphatic rings. The fourth-order valence-corrected chi connectivity index (χ4v) is 3.03. The molecule has 1 aliphatic heterocycles. The molecule has 1 saturated heterocycles. The third kappa shape index (κ3) is 3.99. The van der Waals surface area contributed by atoms with E-state index in [2.05, 4.69) is 46.0 Å². The van der Waals surface area contributed by atoms with E-state index in [1.165, 1.54) is 10.9 Å². The van der Waals surface area contributed by atoms with Crippen molar-refractivity contribution >= 4 is 35.7 Å². The number of pyridine rings is 1. The Kier molecular flexibility index (Phi) is 7.83. The number of halogens is 2. The second-order valence-electron chi connectivity index (χ2n) is 5.24. The van der Waals surface area contributed by atoms with Crippen molar-refractivity contribution < 1.29 is 0 Å². The van der Waals surface area contributed by atoms with E-state index in [9.17, 15) is 0 Å². The molecule has 1 fully saturated rings. The summed E-state index contributed by atoms with van der Waals surface area (Å²) in [6, 6.07) is 11.0. The Labute approximate surface area is 144 Å². The maximum Gasteiger partial charge on any atom is 0.0705 e. The summed E-state index contributed by atoms with van der Waals surface area (Å²) < 4.78 is 0. The molecule has 1 atom stereocenters. The lowest BCUT2D eigenvalue weighted by molar-refractivity contribution is 0.175. The Balaban J connectivity index is 0.00000121. The van der Waals surface area contributed by atoms with E-state index >= 15 is 0 Å². The van der Waals surface area contributed by atoms with Crippen LogP contribution in [0.4, 0.5) is 0 Å². The summed E-state index contributed by atoms with van der Waals surface area (Å²) in [5.74, 6) is 0. The zero-order valence-corrected chi connectivity index (χ0v) is 14.2. The highest BCUT2D eigenvalue weighted by atomic mass is 35.5. The summed E-state index contributed by atoms with van der Waals surface area (Å²) in [5, 5.41) is 4.68. The minimum atomic E-state index is 0. The first-order valence-corrected chi connectivity index (χ1v) is 7.29. The summed E-state index contributed by atoms with van der Waals surface area (Å²) in [7, 11) is 0. The van der Waals surface area contributed by atoms with Crippen LogP contribution in [0.15, 0.2) is 49.2 Å². The number of benzene rings is 1. The van der Waals surface area contributed by atoms with E-state index in [0.29, 0.717) is 6.04 Å². The molecule has 22 heavy (non-hydrogen) atoms. The van der Waals surface area contributed by atoms with Crippen LogP contribution in [0.2, 0.25) is 0 Å². The highest BCUT2D eigenvalue weighted by molar-refractivity contribution is 5.85. The van der Waals surface area contributed by atoms with Gasteiger partial charge in [0, 0.05) is 43.8 Å². The smallest absolute Gasteiger partial charge is 0.0705 e. The van der Waals surface area contributed by atoms with Crippen LogP contribution in [0.5, 0.6) is 0 Å². The van der Waals surface area contributed by atoms with Gasteiger partial charge >= 0.3 is 0 Å². The zero-order chi connectivity index (χ0) is 13.8. The molecule has 2 heterocycles. The molecule has 3 nitrogen and oxygen atoms in total. The van der Waals surface area contributed by atoms with Crippen molar-refractivity contribution in [1.82, 2.24) is 15.2 Å². The van der Waals surface area contributed by atoms with Gasteiger partial charge in [0.25, 0.3) is 0 Å². The maximum atomic E-state index is 4.47. The lowest BCUT2D eigenvalue weighted by Crippen LogP contribution is -2.45. The van der Waals surface area contributed by atoms with E-state index in [-0.39, 0.29) is 24.8 Å². The molecule has 0 saturated carbocycles. The monoisotopic (exact) mass is 339 g/mol. The summed E-state index contributed by atoms with van der Waals surface area (Å²) >= 11 is 0. The van der Waals surface area contributed by atoms with E-state index in [1.807, 2.05) is 18.3 Å². The summed E-state index contributed by atoms with van der Waals surface area (Å²) in [5.41, 5.74) is 2.45. The van der Waals surface area contributed by atoms with E-state index in [4.69, 9.17) is 0 Å². The normalized spacial score (nSPS) is 16.4. The molecule has 120 valence electrons. The lowest BCUT2D eigenvalue weighted by Gasteiger charge is -2.35. The van der Waals surface area contributed by atoms with Crippen LogP contribution in [-0.2, 0) is 0 Å². The average Bonchev–Trinajstić information content (AvgIpc) is 2.53. The van der Waals surface area contributed by atoms with Gasteiger partial charge < -0.3 is 5.32 Å². The molecular formula is C17H23Cl2N3. The van der Waals surface area contributed by atoms with Crippen LogP contribution in [0, 0.1) is 0 Å². The minimum absolute atomic E-state index is 0. The van der Waals surface area contributed by atoms with Gasteiger partial charge in [0.05, 0.1) is 5.52 Å². The number of para-hydroxylation sites is 1. The van der Waals surface area contributed by atoms with Crippen LogP contribution >= 0.6 is 24.8 Å². The molecule has 0 unspecified atom stereocenters. The molecule has 0 spiro atoms. The number of nitrogens with zero attached hydrogens (tertiary/aromatic N) is 2. The Morgan fingerprint density at radius 1 is 1.18 bits per heavy atom. The number of piperazine rings is 1. The lowest BCUT2D eigenvalue weighted by atomic mass is 9.97. The van der Waals surface area contributed by atoms with E-state index in [0.717, 1.165) is 38.1 Å². The standard InChI is InChI=1S/C17H21N3.2ClH/c1-2-5-17(20-12-10-18-11-13-20)15-8-9-19-16-7-4-3-6-14(15)16;;/h2-4,6-9,17-18H,1,5,10-13H2;2*1H/t17-;;/m0../s1. The van der Waals surface area contributed by atoms with Gasteiger partial charge in [-0.05, 0) is 24.1 Å². The number of fused-ring (bicyclic) bond motifs is 1. The molecule has 1 N–H and O–H groups in total. The molecule has 0 radical (unpaired) electrons. The predicted octanol–water partition coefficient (Wildman–Crippen LogP) is 3.60. The average molecular weight is 340 g/mol. The largest absolute Gasteiger partial charge is 0.314 e. The first-order valence-electron chi connectivity index (χ1n) is 7.29. The quantitative estimate of drug-likeness (QED) is 0.862. The third-order valence-electron chi connectivity index (χ3n) is 4.02. The van der Waals surface area contributed by atoms with Gasteiger partial charge in [-0.1, -0.05) is 24.3 Å². The Morgan fingerprint density at radius 3 is 2.64 bits per heavy atom. The molecule has 2 aromatic rings. The summed E-state index contributed by atoms with van der Waals surface area (Å²) in [6.07, 6.45) is 4.94. The van der Waals surface area contributed by atoms with Crippen molar-refractivity contribution in [3.63, 3.8) is 0 Å². The maximum absolute atomic E-state index is 4.47. The molecule has 5 heteroatoms. The van der Waals surface area contributed by atoms with Crippen LogP contribution in [0.3, 0.4) is 0 Å². The highest BCUT2D eigenvalue weighted by Crippen LogP contribution is 2.30. The summed E-state index contributed by atoms with van der Waals surface area (Å²) in [4.78, 5) is 7.03. The first kappa shape index (κ1) is 18.9. The van der Waals surface area contributed by atoms with Gasteiger partial charge in [0.15, 0.2) is 0 Å². The fraction of sp³-hybridized carbons (Fsp3) is 0.353. The van der Waals surface area contributed by atoms with Crippen LogP contribution in [-0.4, -0.2) is 36.1 Å². The van der Waals surface area contributed by atoms with Crippen LogP contribution in [0.1, 0.15) is 18.0 Å². The third-order valence-corrected chi connectivity index (χ3v) is 4.02. The number of hydrogen-bond donors (Lipinski definition) is 1. The SMILES string of the molecule is C=CC[C@@H](c1ccnc2ccccc12)N1CCNCC1.Cl.Cl. The van der Waals surface area contributed by atoms with Crippen molar-refractivity contribution in [3.05, 3.63) is 54.7 Å². The number of rotatable bonds is 4. The van der Waals surface area contributed by atoms with Gasteiger partial charge in [-0.3, -0.25) is 9.88 Å². The summed E-state index contributed by atoms with van der Waals surface area (Å²) in [6.45, 7) is 8.26. The number of aromatic nitrogens is 1. The highest BCUT2D eigenvalue weighted by Gasteiger charge is 2.22. The van der Waals surface area contributed by atoms with Crippen molar-refractivity contribution in [1.29, 1.82) is 0 Å². The van der Waals surface area contributed by atoms with Crippen molar-refractivity contribution in [3.8, 4) is 0 Å². The predicted molar refractivity (Wildman–Crippen MR) is 98.2 cm³/mol. The topological polar surface area (TPSA) is 28.2 Å². The molecule has 1 aromatic carbocycles. The van der Waals surface area contributed by atoms with Gasteiger partial charge in [-0.25, -0.2) is 0 Å². The fourth-order valence-electron chi connectivity index (χ4n) is 3.03. The first-order chi connectivity index (χ1) is 9.90. The Hall–Kier alpha value is -1.13. The van der Waals surface area contributed by atoms with Crippen LogP contribution < -0.4 is 5.32 Å². The molecular weight excluding hydrogens is 317 g/mol. The van der Waals surface area contributed by atoms with E-state index < -0.39 is 0 Å². The van der Waals surface area contributed by atoms with Gasteiger partial charge in [-0.2, -0.15) is 0 Å². The zero-order valence-electron chi connectivity index (χ0n) is 12.6. The van der Waals surface area contributed by atoms with Gasteiger partial charge in [0.2, 0.25) is 0 Å². The van der Waals surface area contributed by atoms with Crippen molar-refractivity contribution in [2.24, 2.45) is 0 Å². The molecule has 3 rings (SSSR count). The molecule has 0 aliphatic carbocycles. The Bertz CT molecular complexity index is 592. The minimum Gasteiger partial charge on any atom is -0.314 e. The number of nitrogens with one attached hydrogen (secondary N) is 1. The van der Waals surface area contributed by atoms with Crippen molar-refractivity contribution in [2.45, 2.75) is 12.5 Å². The van der Waals surface area contributed by atoms with Crippen LogP contribution in [0.25, 0.3) is 10.9 Å². The number of hydrogen-bond acceptors (Lipinski definition) is 3. The second-order valence-corrected chi connectivity index (χ2v) is 5.24. The second kappa shape index (κ2) is 9.11.